The van der Waals surface area contributed by atoms with Gasteiger partial charge in [0.2, 0.25) is 0 Å². The number of hydrogen-bond donors (Lipinski definition) is 3. The molecule has 1 aliphatic carbocycles. The van der Waals surface area contributed by atoms with Gasteiger partial charge in [0.25, 0.3) is 0 Å². The minimum absolute atomic E-state index is 0.0403. The monoisotopic (exact) mass is 550 g/mol. The molecule has 2 aliphatic rings. The number of anilines is 2. The zero-order valence-electron chi connectivity index (χ0n) is 23.7. The highest BCUT2D eigenvalue weighted by Gasteiger charge is 2.28. The standard InChI is InChI=1S/C29H33F2N5O.C2H7N/c1-29(37)11-13-35(14-12-29)23-9-10-26(25(31)16-23)36-27(21-7-8-22(18-32)24(30)15-21)17-28(34-36)33-19-20-5-3-2-4-6-20;1-3-2/h7-10,15-17,20,37H,2-6,11-14,19H2,1H3,(H,33,34);3H,1-2H3. The lowest BCUT2D eigenvalue weighted by molar-refractivity contribution is 0.0351. The highest BCUT2D eigenvalue weighted by Crippen LogP contribution is 2.32. The van der Waals surface area contributed by atoms with Crippen LogP contribution < -0.4 is 15.5 Å². The van der Waals surface area contributed by atoms with Crippen LogP contribution in [-0.2, 0) is 0 Å². The van der Waals surface area contributed by atoms with E-state index in [0.717, 1.165) is 12.2 Å². The van der Waals surface area contributed by atoms with Crippen molar-refractivity contribution in [2.24, 2.45) is 5.92 Å². The Hall–Kier alpha value is -3.48. The van der Waals surface area contributed by atoms with Gasteiger partial charge in [0.05, 0.1) is 16.9 Å². The van der Waals surface area contributed by atoms with Gasteiger partial charge in [0.15, 0.2) is 5.82 Å². The van der Waals surface area contributed by atoms with Crippen molar-refractivity contribution in [3.8, 4) is 23.0 Å². The van der Waals surface area contributed by atoms with Crippen molar-refractivity contribution in [2.75, 3.05) is 43.9 Å². The van der Waals surface area contributed by atoms with E-state index in [1.807, 2.05) is 39.2 Å². The number of aliphatic hydroxyl groups is 1. The van der Waals surface area contributed by atoms with Crippen LogP contribution in [0.25, 0.3) is 16.9 Å². The van der Waals surface area contributed by atoms with Crippen molar-refractivity contribution in [2.45, 2.75) is 57.5 Å². The van der Waals surface area contributed by atoms with E-state index in [4.69, 9.17) is 5.26 Å². The summed E-state index contributed by atoms with van der Waals surface area (Å²) in [6, 6.07) is 13.1. The van der Waals surface area contributed by atoms with Crippen molar-refractivity contribution in [1.29, 1.82) is 5.26 Å². The highest BCUT2D eigenvalue weighted by molar-refractivity contribution is 5.67. The second-order valence-electron chi connectivity index (χ2n) is 11.1. The first-order valence-electron chi connectivity index (χ1n) is 14.1. The number of aromatic nitrogens is 2. The minimum Gasteiger partial charge on any atom is -0.390 e. The van der Waals surface area contributed by atoms with Gasteiger partial charge in [-0.3, -0.25) is 0 Å². The molecule has 1 saturated heterocycles. The van der Waals surface area contributed by atoms with Crippen LogP contribution in [0.4, 0.5) is 20.3 Å². The Morgan fingerprint density at radius 3 is 2.35 bits per heavy atom. The lowest BCUT2D eigenvalue weighted by Gasteiger charge is -2.37. The van der Waals surface area contributed by atoms with Crippen molar-refractivity contribution in [3.63, 3.8) is 0 Å². The maximum atomic E-state index is 15.5. The van der Waals surface area contributed by atoms with E-state index < -0.39 is 17.2 Å². The molecular weight excluding hydrogens is 510 g/mol. The first-order valence-corrected chi connectivity index (χ1v) is 14.1. The average Bonchev–Trinajstić information content (AvgIpc) is 3.37. The van der Waals surface area contributed by atoms with E-state index in [-0.39, 0.29) is 11.3 Å². The third-order valence-corrected chi connectivity index (χ3v) is 7.76. The van der Waals surface area contributed by atoms with Crippen LogP contribution >= 0.6 is 0 Å². The van der Waals surface area contributed by atoms with Gasteiger partial charge in [-0.05, 0) is 83.0 Å². The van der Waals surface area contributed by atoms with Crippen molar-refractivity contribution in [3.05, 3.63) is 59.7 Å². The smallest absolute Gasteiger partial charge is 0.150 e. The molecule has 40 heavy (non-hydrogen) atoms. The summed E-state index contributed by atoms with van der Waals surface area (Å²) in [5.74, 6) is 0.122. The normalized spacial score (nSPS) is 17.1. The molecule has 214 valence electrons. The van der Waals surface area contributed by atoms with Crippen LogP contribution in [-0.4, -0.2) is 54.2 Å². The largest absolute Gasteiger partial charge is 0.390 e. The fraction of sp³-hybridized carbons (Fsp3) is 0.484. The maximum absolute atomic E-state index is 15.5. The molecule has 1 aromatic heterocycles. The van der Waals surface area contributed by atoms with Gasteiger partial charge in [-0.2, -0.15) is 5.26 Å². The lowest BCUT2D eigenvalue weighted by atomic mass is 9.89. The van der Waals surface area contributed by atoms with E-state index in [1.54, 1.807) is 12.1 Å². The quantitative estimate of drug-likeness (QED) is 0.356. The summed E-state index contributed by atoms with van der Waals surface area (Å²) in [5.41, 5.74) is 1.34. The summed E-state index contributed by atoms with van der Waals surface area (Å²) in [4.78, 5) is 2.07. The van der Waals surface area contributed by atoms with E-state index in [0.29, 0.717) is 48.9 Å². The number of nitriles is 1. The fourth-order valence-corrected chi connectivity index (χ4v) is 5.37. The van der Waals surface area contributed by atoms with E-state index in [2.05, 4.69) is 20.6 Å². The summed E-state index contributed by atoms with van der Waals surface area (Å²) in [6.45, 7) is 3.93. The molecule has 0 unspecified atom stereocenters. The Kier molecular flexibility index (Phi) is 9.77. The van der Waals surface area contributed by atoms with E-state index in [9.17, 15) is 9.50 Å². The second kappa shape index (κ2) is 13.2. The average molecular weight is 551 g/mol. The van der Waals surface area contributed by atoms with Crippen molar-refractivity contribution in [1.82, 2.24) is 15.1 Å². The summed E-state index contributed by atoms with van der Waals surface area (Å²) >= 11 is 0. The highest BCUT2D eigenvalue weighted by atomic mass is 19.1. The zero-order chi connectivity index (χ0) is 28.7. The van der Waals surface area contributed by atoms with Gasteiger partial charge in [-0.15, -0.1) is 5.10 Å². The van der Waals surface area contributed by atoms with E-state index >= 15 is 4.39 Å². The summed E-state index contributed by atoms with van der Waals surface area (Å²) in [5, 5.41) is 30.2. The van der Waals surface area contributed by atoms with Gasteiger partial charge < -0.3 is 20.6 Å². The Labute approximate surface area is 235 Å². The first-order chi connectivity index (χ1) is 19.2. The number of rotatable bonds is 6. The molecule has 3 aromatic rings. The predicted molar refractivity (Wildman–Crippen MR) is 156 cm³/mol. The van der Waals surface area contributed by atoms with Gasteiger partial charge >= 0.3 is 0 Å². The minimum atomic E-state index is -0.684. The first kappa shape index (κ1) is 29.5. The molecule has 1 aliphatic heterocycles. The van der Waals surface area contributed by atoms with Crippen LogP contribution in [0.1, 0.15) is 57.4 Å². The molecular formula is C31H40F2N6O. The Balaban J connectivity index is 0.00000118. The van der Waals surface area contributed by atoms with Gasteiger partial charge in [0.1, 0.15) is 23.4 Å². The molecule has 1 saturated carbocycles. The number of benzene rings is 2. The SMILES string of the molecule is CC1(O)CCN(c2ccc(-n3nc(NCC4CCCCC4)cc3-c3ccc(C#N)c(F)c3)c(F)c2)CC1.CNC. The Morgan fingerprint density at radius 2 is 1.73 bits per heavy atom. The van der Waals surface area contributed by atoms with E-state index in [1.165, 1.54) is 55.0 Å². The lowest BCUT2D eigenvalue weighted by Crippen LogP contribution is -2.42. The molecule has 5 rings (SSSR count). The number of hydrogen-bond acceptors (Lipinski definition) is 6. The summed E-state index contributed by atoms with van der Waals surface area (Å²) < 4.78 is 31.5. The number of halogens is 2. The van der Waals surface area contributed by atoms with Crippen LogP contribution in [0.5, 0.6) is 0 Å². The van der Waals surface area contributed by atoms with Crippen LogP contribution in [0.2, 0.25) is 0 Å². The van der Waals surface area contributed by atoms with Crippen molar-refractivity contribution >= 4 is 11.5 Å². The third kappa shape index (κ3) is 7.18. The van der Waals surface area contributed by atoms with Crippen LogP contribution in [0.3, 0.4) is 0 Å². The van der Waals surface area contributed by atoms with Gasteiger partial charge in [-0.25, -0.2) is 13.5 Å². The topological polar surface area (TPSA) is 89.1 Å². The molecule has 0 amide bonds. The fourth-order valence-electron chi connectivity index (χ4n) is 5.37. The third-order valence-electron chi connectivity index (χ3n) is 7.76. The number of piperidine rings is 1. The maximum Gasteiger partial charge on any atom is 0.150 e. The molecule has 0 spiro atoms. The zero-order valence-corrected chi connectivity index (χ0v) is 23.7. The second-order valence-corrected chi connectivity index (χ2v) is 11.1. The number of nitrogens with one attached hydrogen (secondary N) is 2. The van der Waals surface area contributed by atoms with Crippen molar-refractivity contribution < 1.29 is 13.9 Å². The molecule has 2 aromatic carbocycles. The van der Waals surface area contributed by atoms with Gasteiger partial charge in [0, 0.05) is 37.0 Å². The molecule has 9 heteroatoms. The Morgan fingerprint density at radius 1 is 1.02 bits per heavy atom. The number of nitrogens with zero attached hydrogens (tertiary/aromatic N) is 4. The molecule has 0 radical (unpaired) electrons. The molecule has 0 atom stereocenters. The predicted octanol–water partition coefficient (Wildman–Crippen LogP) is 5.87. The molecule has 2 fully saturated rings. The molecule has 7 nitrogen and oxygen atoms in total. The van der Waals surface area contributed by atoms with Crippen LogP contribution in [0, 0.1) is 28.9 Å². The Bertz CT molecular complexity index is 1320. The van der Waals surface area contributed by atoms with Crippen LogP contribution in [0.15, 0.2) is 42.5 Å². The van der Waals surface area contributed by atoms with Gasteiger partial charge in [-0.1, -0.05) is 25.3 Å². The summed E-state index contributed by atoms with van der Waals surface area (Å²) in [6.07, 6.45) is 7.38. The summed E-state index contributed by atoms with van der Waals surface area (Å²) in [7, 11) is 3.75. The molecule has 0 bridgehead atoms. The molecule has 3 N–H and O–H groups in total. The molecule has 2 heterocycles.